The largest absolute Gasteiger partial charge is 0.460 e. The van der Waals surface area contributed by atoms with Crippen molar-refractivity contribution in [2.75, 3.05) is 0 Å². The van der Waals surface area contributed by atoms with Crippen LogP contribution in [0, 0.1) is 0 Å². The van der Waals surface area contributed by atoms with Crippen LogP contribution in [0.25, 0.3) is 0 Å². The highest BCUT2D eigenvalue weighted by molar-refractivity contribution is 5.66. The normalized spacial score (nSPS) is 10.7. The molecule has 0 fully saturated rings. The van der Waals surface area contributed by atoms with Crippen molar-refractivity contribution < 1.29 is 9.53 Å². The zero-order chi connectivity index (χ0) is 15.9. The maximum atomic E-state index is 10.2. The lowest BCUT2D eigenvalue weighted by Gasteiger charge is -2.17. The van der Waals surface area contributed by atoms with Crippen molar-refractivity contribution >= 4 is 5.97 Å². The fourth-order valence-corrected chi connectivity index (χ4v) is 1.99. The monoisotopic (exact) mass is 286 g/mol. The lowest BCUT2D eigenvalue weighted by atomic mass is 10.1. The first-order valence-electron chi connectivity index (χ1n) is 8.53. The minimum absolute atomic E-state index is 0.225. The molecule has 2 heteroatoms. The van der Waals surface area contributed by atoms with Gasteiger partial charge in [0.1, 0.15) is 5.60 Å². The van der Waals surface area contributed by atoms with Gasteiger partial charge in [0, 0.05) is 6.92 Å². The molecule has 0 unspecified atom stereocenters. The molecule has 0 aromatic carbocycles. The lowest BCUT2D eigenvalue weighted by molar-refractivity contribution is -0.151. The number of esters is 1. The van der Waals surface area contributed by atoms with E-state index in [-0.39, 0.29) is 11.6 Å². The minimum atomic E-state index is -0.328. The van der Waals surface area contributed by atoms with Gasteiger partial charge < -0.3 is 4.74 Å². The molecule has 0 bridgehead atoms. The Balaban J connectivity index is 0. The molecule has 20 heavy (non-hydrogen) atoms. The molecule has 0 rings (SSSR count). The standard InChI is InChI=1S/C12H26.C6H12O2/c1-3-5-7-9-11-12-10-8-6-4-2;1-5(7)8-6(2,3)4/h3-12H2,1-2H3;1-4H3. The summed E-state index contributed by atoms with van der Waals surface area (Å²) in [6.45, 7) is 11.5. The summed E-state index contributed by atoms with van der Waals surface area (Å²) in [5, 5.41) is 0. The van der Waals surface area contributed by atoms with E-state index in [0.717, 1.165) is 0 Å². The van der Waals surface area contributed by atoms with Gasteiger partial charge in [-0.1, -0.05) is 78.1 Å². The zero-order valence-corrected chi connectivity index (χ0v) is 14.9. The second-order valence-corrected chi connectivity index (χ2v) is 6.53. The fraction of sp³-hybridized carbons (Fsp3) is 0.944. The third kappa shape index (κ3) is 26.1. The van der Waals surface area contributed by atoms with Crippen LogP contribution >= 0.6 is 0 Å². The van der Waals surface area contributed by atoms with Crippen LogP contribution in [0.5, 0.6) is 0 Å². The van der Waals surface area contributed by atoms with Gasteiger partial charge in [0.05, 0.1) is 0 Å². The number of ether oxygens (including phenoxy) is 1. The Morgan fingerprint density at radius 3 is 1.20 bits per heavy atom. The summed E-state index contributed by atoms with van der Waals surface area (Å²) in [5.74, 6) is -0.225. The third-order valence-corrected chi connectivity index (χ3v) is 2.91. The second-order valence-electron chi connectivity index (χ2n) is 6.53. The SMILES string of the molecule is CC(=O)OC(C)(C)C.CCCCCCCCCCCC. The smallest absolute Gasteiger partial charge is 0.303 e. The van der Waals surface area contributed by atoms with Gasteiger partial charge in [-0.25, -0.2) is 0 Å². The quantitative estimate of drug-likeness (QED) is 0.368. The Bertz CT molecular complexity index is 194. The Morgan fingerprint density at radius 1 is 0.750 bits per heavy atom. The molecule has 0 saturated carbocycles. The molecular formula is C18H38O2. The average Bonchev–Trinajstić information content (AvgIpc) is 2.30. The van der Waals surface area contributed by atoms with Gasteiger partial charge in [-0.05, 0) is 20.8 Å². The molecule has 0 aliphatic rings. The van der Waals surface area contributed by atoms with Crippen LogP contribution in [0.1, 0.15) is 106 Å². The third-order valence-electron chi connectivity index (χ3n) is 2.91. The molecule has 0 amide bonds. The van der Waals surface area contributed by atoms with E-state index in [1.165, 1.54) is 71.1 Å². The first-order valence-corrected chi connectivity index (χ1v) is 8.53. The highest BCUT2D eigenvalue weighted by atomic mass is 16.6. The second kappa shape index (κ2) is 14.9. The Hall–Kier alpha value is -0.530. The van der Waals surface area contributed by atoms with Gasteiger partial charge in [-0.2, -0.15) is 0 Å². The zero-order valence-electron chi connectivity index (χ0n) is 14.9. The van der Waals surface area contributed by atoms with Crippen LogP contribution in [-0.2, 0) is 9.53 Å². The number of carbonyl (C=O) groups excluding carboxylic acids is 1. The predicted molar refractivity (Wildman–Crippen MR) is 89.0 cm³/mol. The van der Waals surface area contributed by atoms with Crippen molar-refractivity contribution in [2.24, 2.45) is 0 Å². The van der Waals surface area contributed by atoms with Gasteiger partial charge in [0.25, 0.3) is 0 Å². The number of carbonyl (C=O) groups is 1. The van der Waals surface area contributed by atoms with Crippen LogP contribution in [0.2, 0.25) is 0 Å². The number of unbranched alkanes of at least 4 members (excludes halogenated alkanes) is 9. The van der Waals surface area contributed by atoms with Crippen molar-refractivity contribution in [3.05, 3.63) is 0 Å². The van der Waals surface area contributed by atoms with E-state index in [2.05, 4.69) is 13.8 Å². The first-order chi connectivity index (χ1) is 9.33. The molecule has 2 nitrogen and oxygen atoms in total. The van der Waals surface area contributed by atoms with Gasteiger partial charge in [-0.3, -0.25) is 4.79 Å². The summed E-state index contributed by atoms with van der Waals surface area (Å²) in [6, 6.07) is 0. The summed E-state index contributed by atoms with van der Waals surface area (Å²) in [5.41, 5.74) is -0.328. The first kappa shape index (κ1) is 21.8. The van der Waals surface area contributed by atoms with E-state index in [9.17, 15) is 4.79 Å². The maximum Gasteiger partial charge on any atom is 0.303 e. The summed E-state index contributed by atoms with van der Waals surface area (Å²) in [6.07, 6.45) is 14.4. The highest BCUT2D eigenvalue weighted by Gasteiger charge is 2.11. The Morgan fingerprint density at radius 2 is 1.05 bits per heavy atom. The van der Waals surface area contributed by atoms with Gasteiger partial charge in [0.15, 0.2) is 0 Å². The van der Waals surface area contributed by atoms with Gasteiger partial charge >= 0.3 is 5.97 Å². The molecule has 0 aliphatic heterocycles. The topological polar surface area (TPSA) is 26.3 Å². The van der Waals surface area contributed by atoms with Crippen molar-refractivity contribution in [1.29, 1.82) is 0 Å². The summed E-state index contributed by atoms with van der Waals surface area (Å²) in [7, 11) is 0. The van der Waals surface area contributed by atoms with Crippen molar-refractivity contribution in [1.82, 2.24) is 0 Å². The number of hydrogen-bond donors (Lipinski definition) is 0. The lowest BCUT2D eigenvalue weighted by Crippen LogP contribution is -2.21. The van der Waals surface area contributed by atoms with Crippen molar-refractivity contribution in [3.63, 3.8) is 0 Å². The van der Waals surface area contributed by atoms with E-state index >= 15 is 0 Å². The summed E-state index contributed by atoms with van der Waals surface area (Å²) < 4.78 is 4.80. The minimum Gasteiger partial charge on any atom is -0.460 e. The number of rotatable bonds is 9. The van der Waals surface area contributed by atoms with E-state index < -0.39 is 0 Å². The predicted octanol–water partition coefficient (Wildman–Crippen LogP) is 6.28. The summed E-state index contributed by atoms with van der Waals surface area (Å²) in [4.78, 5) is 10.2. The molecule has 0 spiro atoms. The molecule has 0 heterocycles. The Labute approximate surface area is 127 Å². The molecular weight excluding hydrogens is 248 g/mol. The molecule has 0 saturated heterocycles. The van der Waals surface area contributed by atoms with Crippen LogP contribution in [0.4, 0.5) is 0 Å². The van der Waals surface area contributed by atoms with Gasteiger partial charge in [0.2, 0.25) is 0 Å². The van der Waals surface area contributed by atoms with Crippen LogP contribution in [0.15, 0.2) is 0 Å². The molecule has 0 radical (unpaired) electrons. The van der Waals surface area contributed by atoms with Crippen molar-refractivity contribution in [2.45, 2.75) is 111 Å². The van der Waals surface area contributed by atoms with E-state index in [0.29, 0.717) is 0 Å². The summed E-state index contributed by atoms with van der Waals surface area (Å²) >= 11 is 0. The average molecular weight is 286 g/mol. The van der Waals surface area contributed by atoms with Crippen molar-refractivity contribution in [3.8, 4) is 0 Å². The van der Waals surface area contributed by atoms with Gasteiger partial charge in [-0.15, -0.1) is 0 Å². The number of hydrogen-bond acceptors (Lipinski definition) is 2. The molecule has 0 aromatic heterocycles. The molecule has 0 N–H and O–H groups in total. The highest BCUT2D eigenvalue weighted by Crippen LogP contribution is 2.10. The molecule has 0 aliphatic carbocycles. The van der Waals surface area contributed by atoms with Crippen LogP contribution in [-0.4, -0.2) is 11.6 Å². The maximum absolute atomic E-state index is 10.2. The van der Waals surface area contributed by atoms with E-state index in [1.807, 2.05) is 20.8 Å². The van der Waals surface area contributed by atoms with E-state index in [1.54, 1.807) is 0 Å². The molecule has 122 valence electrons. The van der Waals surface area contributed by atoms with Crippen LogP contribution in [0.3, 0.4) is 0 Å². The fourth-order valence-electron chi connectivity index (χ4n) is 1.99. The van der Waals surface area contributed by atoms with E-state index in [4.69, 9.17) is 4.74 Å². The molecule has 0 aromatic rings. The van der Waals surface area contributed by atoms with Crippen LogP contribution < -0.4 is 0 Å². The Kier molecular flexibility index (Phi) is 16.2. The molecule has 0 atom stereocenters.